The highest BCUT2D eigenvalue weighted by molar-refractivity contribution is 5.85. The van der Waals surface area contributed by atoms with Gasteiger partial charge < -0.3 is 5.32 Å². The van der Waals surface area contributed by atoms with Gasteiger partial charge in [0.15, 0.2) is 0 Å². The van der Waals surface area contributed by atoms with Crippen LogP contribution < -0.4 is 5.32 Å². The first-order valence-electron chi connectivity index (χ1n) is 8.37. The Hall–Kier alpha value is -1.41. The zero-order chi connectivity index (χ0) is 14.7. The third-order valence-corrected chi connectivity index (χ3v) is 5.02. The molecule has 0 radical (unpaired) electrons. The Morgan fingerprint density at radius 1 is 1.29 bits per heavy atom. The Morgan fingerprint density at radius 2 is 2.19 bits per heavy atom. The molecule has 2 nitrogen and oxygen atoms in total. The van der Waals surface area contributed by atoms with Gasteiger partial charge in [0.2, 0.25) is 0 Å². The van der Waals surface area contributed by atoms with E-state index >= 15 is 0 Å². The van der Waals surface area contributed by atoms with Gasteiger partial charge in [0.1, 0.15) is 0 Å². The number of nitrogens with zero attached hydrogens (tertiary/aromatic N) is 1. The Bertz CT molecular complexity index is 588. The van der Waals surface area contributed by atoms with Gasteiger partial charge >= 0.3 is 0 Å². The molecule has 1 fully saturated rings. The highest BCUT2D eigenvalue weighted by Crippen LogP contribution is 2.41. The van der Waals surface area contributed by atoms with Crippen LogP contribution in [0.4, 0.5) is 0 Å². The zero-order valence-electron chi connectivity index (χ0n) is 13.2. The van der Waals surface area contributed by atoms with Crippen molar-refractivity contribution in [3.8, 4) is 0 Å². The molecule has 3 atom stereocenters. The van der Waals surface area contributed by atoms with Crippen molar-refractivity contribution >= 4 is 10.8 Å². The van der Waals surface area contributed by atoms with Crippen molar-refractivity contribution in [1.29, 1.82) is 0 Å². The summed E-state index contributed by atoms with van der Waals surface area (Å²) < 4.78 is 0. The molecule has 1 saturated carbocycles. The van der Waals surface area contributed by atoms with Crippen LogP contribution in [0.25, 0.3) is 10.8 Å². The topological polar surface area (TPSA) is 24.9 Å². The van der Waals surface area contributed by atoms with Crippen LogP contribution in [-0.4, -0.2) is 11.5 Å². The molecule has 3 unspecified atom stereocenters. The summed E-state index contributed by atoms with van der Waals surface area (Å²) in [4.78, 5) is 4.27. The Balaban J connectivity index is 2.01. The maximum absolute atomic E-state index is 4.27. The van der Waals surface area contributed by atoms with Crippen LogP contribution >= 0.6 is 0 Å². The summed E-state index contributed by atoms with van der Waals surface area (Å²) in [5.74, 6) is 1.58. The predicted molar refractivity (Wildman–Crippen MR) is 89.3 cm³/mol. The number of fused-ring (bicyclic) bond motifs is 1. The lowest BCUT2D eigenvalue weighted by atomic mass is 9.84. The molecule has 0 bridgehead atoms. The highest BCUT2D eigenvalue weighted by atomic mass is 14.9. The SMILES string of the molecule is CCCNC(c1cccc2cnccc12)C1CCCC1C. The van der Waals surface area contributed by atoms with Crippen LogP contribution in [0.3, 0.4) is 0 Å². The molecule has 1 aromatic carbocycles. The average molecular weight is 282 g/mol. The van der Waals surface area contributed by atoms with E-state index in [9.17, 15) is 0 Å². The third-order valence-electron chi connectivity index (χ3n) is 5.02. The number of aromatic nitrogens is 1. The summed E-state index contributed by atoms with van der Waals surface area (Å²) in [5, 5.41) is 6.44. The first kappa shape index (κ1) is 14.5. The number of pyridine rings is 1. The smallest absolute Gasteiger partial charge is 0.0357 e. The van der Waals surface area contributed by atoms with Gasteiger partial charge in [-0.2, -0.15) is 0 Å². The molecule has 21 heavy (non-hydrogen) atoms. The van der Waals surface area contributed by atoms with Crippen LogP contribution in [0.1, 0.15) is 51.1 Å². The normalized spacial score (nSPS) is 23.5. The second-order valence-electron chi connectivity index (χ2n) is 6.45. The second kappa shape index (κ2) is 6.57. The Labute approximate surface area is 128 Å². The van der Waals surface area contributed by atoms with Gasteiger partial charge in [-0.05, 0) is 48.2 Å². The van der Waals surface area contributed by atoms with Gasteiger partial charge in [-0.25, -0.2) is 0 Å². The number of nitrogens with one attached hydrogen (secondary N) is 1. The van der Waals surface area contributed by atoms with Crippen LogP contribution in [0, 0.1) is 11.8 Å². The number of benzene rings is 1. The van der Waals surface area contributed by atoms with E-state index in [4.69, 9.17) is 0 Å². The summed E-state index contributed by atoms with van der Waals surface area (Å²) in [6.45, 7) is 5.76. The van der Waals surface area contributed by atoms with Crippen molar-refractivity contribution in [2.75, 3.05) is 6.54 Å². The molecular formula is C19H26N2. The summed E-state index contributed by atoms with van der Waals surface area (Å²) in [6.07, 6.45) is 9.19. The minimum Gasteiger partial charge on any atom is -0.310 e. The fraction of sp³-hybridized carbons (Fsp3) is 0.526. The molecule has 2 aromatic rings. The van der Waals surface area contributed by atoms with E-state index in [0.29, 0.717) is 6.04 Å². The van der Waals surface area contributed by atoms with Crippen LogP contribution in [0.5, 0.6) is 0 Å². The average Bonchev–Trinajstić information content (AvgIpc) is 2.94. The highest BCUT2D eigenvalue weighted by Gasteiger charge is 2.32. The molecule has 0 aliphatic heterocycles. The number of rotatable bonds is 5. The fourth-order valence-corrected chi connectivity index (χ4v) is 3.88. The Kier molecular flexibility index (Phi) is 4.54. The largest absolute Gasteiger partial charge is 0.310 e. The predicted octanol–water partition coefficient (Wildman–Crippen LogP) is 4.71. The van der Waals surface area contributed by atoms with E-state index in [1.807, 2.05) is 12.4 Å². The zero-order valence-corrected chi connectivity index (χ0v) is 13.2. The molecular weight excluding hydrogens is 256 g/mol. The van der Waals surface area contributed by atoms with E-state index in [1.54, 1.807) is 0 Å². The van der Waals surface area contributed by atoms with Crippen molar-refractivity contribution in [3.63, 3.8) is 0 Å². The van der Waals surface area contributed by atoms with E-state index in [0.717, 1.165) is 18.4 Å². The Morgan fingerprint density at radius 3 is 2.95 bits per heavy atom. The minimum atomic E-state index is 0.480. The quantitative estimate of drug-likeness (QED) is 0.859. The summed E-state index contributed by atoms with van der Waals surface area (Å²) >= 11 is 0. The maximum Gasteiger partial charge on any atom is 0.0357 e. The van der Waals surface area contributed by atoms with Crippen LogP contribution in [-0.2, 0) is 0 Å². The third kappa shape index (κ3) is 2.96. The maximum atomic E-state index is 4.27. The van der Waals surface area contributed by atoms with Gasteiger partial charge in [0, 0.05) is 23.8 Å². The van der Waals surface area contributed by atoms with Gasteiger partial charge in [0.05, 0.1) is 0 Å². The molecule has 0 spiro atoms. The molecule has 3 rings (SSSR count). The number of hydrogen-bond acceptors (Lipinski definition) is 2. The van der Waals surface area contributed by atoms with Gasteiger partial charge in [-0.3, -0.25) is 4.98 Å². The van der Waals surface area contributed by atoms with Gasteiger partial charge in [-0.15, -0.1) is 0 Å². The van der Waals surface area contributed by atoms with Crippen LogP contribution in [0.15, 0.2) is 36.7 Å². The van der Waals surface area contributed by atoms with Crippen molar-refractivity contribution in [2.45, 2.75) is 45.6 Å². The van der Waals surface area contributed by atoms with Crippen molar-refractivity contribution < 1.29 is 0 Å². The molecule has 2 heteroatoms. The van der Waals surface area contributed by atoms with Gasteiger partial charge in [-0.1, -0.05) is 44.9 Å². The van der Waals surface area contributed by atoms with Crippen molar-refractivity contribution in [2.24, 2.45) is 11.8 Å². The molecule has 1 N–H and O–H groups in total. The van der Waals surface area contributed by atoms with E-state index < -0.39 is 0 Å². The van der Waals surface area contributed by atoms with Crippen molar-refractivity contribution in [1.82, 2.24) is 10.3 Å². The van der Waals surface area contributed by atoms with E-state index in [1.165, 1.54) is 42.0 Å². The lowest BCUT2D eigenvalue weighted by molar-refractivity contribution is 0.303. The first-order chi connectivity index (χ1) is 10.3. The molecule has 1 aromatic heterocycles. The molecule has 0 saturated heterocycles. The fourth-order valence-electron chi connectivity index (χ4n) is 3.88. The van der Waals surface area contributed by atoms with Crippen molar-refractivity contribution in [3.05, 3.63) is 42.2 Å². The lowest BCUT2D eigenvalue weighted by Gasteiger charge is -2.29. The molecule has 1 heterocycles. The van der Waals surface area contributed by atoms with Crippen LogP contribution in [0.2, 0.25) is 0 Å². The van der Waals surface area contributed by atoms with E-state index in [2.05, 4.69) is 48.4 Å². The number of hydrogen-bond donors (Lipinski definition) is 1. The van der Waals surface area contributed by atoms with Gasteiger partial charge in [0.25, 0.3) is 0 Å². The monoisotopic (exact) mass is 282 g/mol. The summed E-state index contributed by atoms with van der Waals surface area (Å²) in [7, 11) is 0. The first-order valence-corrected chi connectivity index (χ1v) is 8.37. The molecule has 1 aliphatic rings. The molecule has 0 amide bonds. The molecule has 112 valence electrons. The molecule has 1 aliphatic carbocycles. The second-order valence-corrected chi connectivity index (χ2v) is 6.45. The minimum absolute atomic E-state index is 0.480. The standard InChI is InChI=1S/C19H26N2/c1-3-11-21-19(16-8-4-6-14(16)2)18-9-5-7-15-13-20-12-10-17(15)18/h5,7,9-10,12-14,16,19,21H,3-4,6,8,11H2,1-2H3. The summed E-state index contributed by atoms with van der Waals surface area (Å²) in [5.41, 5.74) is 1.46. The lowest BCUT2D eigenvalue weighted by Crippen LogP contribution is -2.30. The van der Waals surface area contributed by atoms with E-state index in [-0.39, 0.29) is 0 Å². The summed E-state index contributed by atoms with van der Waals surface area (Å²) in [6, 6.07) is 9.31.